The molecule has 2 aliphatic carbocycles. The zero-order valence-electron chi connectivity index (χ0n) is 15.0. The summed E-state index contributed by atoms with van der Waals surface area (Å²) in [6.07, 6.45) is 5.16. The molecule has 5 nitrogen and oxygen atoms in total. The van der Waals surface area contributed by atoms with Gasteiger partial charge in [0, 0.05) is 24.9 Å². The fraction of sp³-hybridized carbons (Fsp3) is 0.550. The number of rotatable bonds is 7. The topological polar surface area (TPSA) is 59.8 Å². The normalized spacial score (nSPS) is 22.2. The van der Waals surface area contributed by atoms with Crippen molar-refractivity contribution >= 4 is 5.91 Å². The number of hydrogen-bond donors (Lipinski definition) is 1. The SMILES string of the molecule is CC(C)c1ccc([C@@H]2C[C@@H]2C(=O)NCCn2cnnc2C2CC2)cc1. The van der Waals surface area contributed by atoms with Crippen LogP contribution in [0.25, 0.3) is 0 Å². The van der Waals surface area contributed by atoms with E-state index in [1.807, 2.05) is 0 Å². The van der Waals surface area contributed by atoms with Crippen LogP contribution in [0.5, 0.6) is 0 Å². The van der Waals surface area contributed by atoms with Crippen molar-refractivity contribution in [2.24, 2.45) is 5.92 Å². The summed E-state index contributed by atoms with van der Waals surface area (Å²) in [6, 6.07) is 8.76. The third-order valence-electron chi connectivity index (χ3n) is 5.40. The molecule has 2 fully saturated rings. The summed E-state index contributed by atoms with van der Waals surface area (Å²) >= 11 is 0. The standard InChI is InChI=1S/C20H26N4O/c1-13(2)14-3-5-15(6-4-14)17-11-18(17)20(25)21-9-10-24-12-22-23-19(24)16-7-8-16/h3-6,12-13,16-18H,7-11H2,1-2H3,(H,21,25)/t17-,18-/m0/s1. The number of nitrogens with one attached hydrogen (secondary N) is 1. The first-order valence-corrected chi connectivity index (χ1v) is 9.38. The number of carbonyl (C=O) groups is 1. The van der Waals surface area contributed by atoms with E-state index in [1.165, 1.54) is 24.0 Å². The second kappa shape index (κ2) is 6.62. The van der Waals surface area contributed by atoms with Crippen LogP contribution in [0.15, 0.2) is 30.6 Å². The summed E-state index contributed by atoms with van der Waals surface area (Å²) in [6.45, 7) is 5.80. The molecule has 1 aromatic heterocycles. The van der Waals surface area contributed by atoms with E-state index in [-0.39, 0.29) is 11.8 Å². The van der Waals surface area contributed by atoms with Crippen molar-refractivity contribution < 1.29 is 4.79 Å². The number of amides is 1. The molecular formula is C20H26N4O. The van der Waals surface area contributed by atoms with Crippen LogP contribution in [-0.2, 0) is 11.3 Å². The lowest BCUT2D eigenvalue weighted by Crippen LogP contribution is -2.29. The van der Waals surface area contributed by atoms with E-state index >= 15 is 0 Å². The number of aromatic nitrogens is 3. The molecule has 4 rings (SSSR count). The van der Waals surface area contributed by atoms with Gasteiger partial charge in [-0.25, -0.2) is 0 Å². The van der Waals surface area contributed by atoms with E-state index in [4.69, 9.17) is 0 Å². The number of nitrogens with zero attached hydrogens (tertiary/aromatic N) is 3. The lowest BCUT2D eigenvalue weighted by molar-refractivity contribution is -0.122. The molecule has 2 atom stereocenters. The van der Waals surface area contributed by atoms with Gasteiger partial charge in [0.05, 0.1) is 0 Å². The molecule has 0 bridgehead atoms. The van der Waals surface area contributed by atoms with E-state index in [9.17, 15) is 4.79 Å². The Bertz CT molecular complexity index is 745. The predicted octanol–water partition coefficient (Wildman–Crippen LogP) is 3.20. The Kier molecular flexibility index (Phi) is 4.32. The Labute approximate surface area is 148 Å². The largest absolute Gasteiger partial charge is 0.354 e. The fourth-order valence-corrected chi connectivity index (χ4v) is 3.51. The Hall–Kier alpha value is -2.17. The van der Waals surface area contributed by atoms with Gasteiger partial charge in [-0.3, -0.25) is 4.79 Å². The van der Waals surface area contributed by atoms with Crippen molar-refractivity contribution in [3.05, 3.63) is 47.5 Å². The third kappa shape index (κ3) is 3.60. The van der Waals surface area contributed by atoms with Crippen LogP contribution in [0.2, 0.25) is 0 Å². The molecule has 0 radical (unpaired) electrons. The van der Waals surface area contributed by atoms with Gasteiger partial charge in [0.15, 0.2) is 0 Å². The van der Waals surface area contributed by atoms with Gasteiger partial charge in [-0.15, -0.1) is 10.2 Å². The highest BCUT2D eigenvalue weighted by Crippen LogP contribution is 2.47. The lowest BCUT2D eigenvalue weighted by atomic mass is 10.00. The van der Waals surface area contributed by atoms with Gasteiger partial charge in [0.25, 0.3) is 0 Å². The van der Waals surface area contributed by atoms with Gasteiger partial charge in [-0.2, -0.15) is 0 Å². The minimum atomic E-state index is 0.133. The van der Waals surface area contributed by atoms with E-state index in [2.05, 4.69) is 58.2 Å². The van der Waals surface area contributed by atoms with Gasteiger partial charge in [0.2, 0.25) is 5.91 Å². The molecule has 1 amide bonds. The van der Waals surface area contributed by atoms with Crippen LogP contribution < -0.4 is 5.32 Å². The molecule has 2 aliphatic rings. The average molecular weight is 338 g/mol. The number of benzene rings is 1. The van der Waals surface area contributed by atoms with Crippen molar-refractivity contribution in [2.45, 2.75) is 57.4 Å². The quantitative estimate of drug-likeness (QED) is 0.843. The Morgan fingerprint density at radius 2 is 2.04 bits per heavy atom. The van der Waals surface area contributed by atoms with Crippen molar-refractivity contribution in [2.75, 3.05) is 6.54 Å². The molecule has 0 saturated heterocycles. The predicted molar refractivity (Wildman–Crippen MR) is 96.4 cm³/mol. The van der Waals surface area contributed by atoms with Gasteiger partial charge in [-0.05, 0) is 42.2 Å². The Morgan fingerprint density at radius 1 is 1.28 bits per heavy atom. The second-order valence-corrected chi connectivity index (χ2v) is 7.72. The summed E-state index contributed by atoms with van der Waals surface area (Å²) in [4.78, 5) is 12.4. The van der Waals surface area contributed by atoms with Gasteiger partial charge in [0.1, 0.15) is 12.2 Å². The molecule has 1 aromatic carbocycles. The van der Waals surface area contributed by atoms with Gasteiger partial charge in [-0.1, -0.05) is 38.1 Å². The Balaban J connectivity index is 1.26. The molecule has 0 unspecified atom stereocenters. The van der Waals surface area contributed by atoms with E-state index in [0.29, 0.717) is 24.3 Å². The van der Waals surface area contributed by atoms with Crippen LogP contribution in [0.1, 0.15) is 67.8 Å². The van der Waals surface area contributed by atoms with E-state index in [0.717, 1.165) is 18.8 Å². The first-order valence-electron chi connectivity index (χ1n) is 9.38. The summed E-state index contributed by atoms with van der Waals surface area (Å²) in [7, 11) is 0. The molecule has 0 aliphatic heterocycles. The molecule has 1 heterocycles. The zero-order chi connectivity index (χ0) is 17.4. The number of hydrogen-bond acceptors (Lipinski definition) is 3. The summed E-state index contributed by atoms with van der Waals surface area (Å²) in [5.74, 6) is 2.90. The first-order chi connectivity index (χ1) is 12.1. The first kappa shape index (κ1) is 16.3. The van der Waals surface area contributed by atoms with Crippen LogP contribution >= 0.6 is 0 Å². The number of carbonyl (C=O) groups excluding carboxylic acids is 1. The molecule has 25 heavy (non-hydrogen) atoms. The molecule has 0 spiro atoms. The van der Waals surface area contributed by atoms with Crippen LogP contribution in [-0.4, -0.2) is 27.2 Å². The lowest BCUT2D eigenvalue weighted by Gasteiger charge is -2.08. The second-order valence-electron chi connectivity index (χ2n) is 7.72. The summed E-state index contributed by atoms with van der Waals surface area (Å²) < 4.78 is 2.08. The van der Waals surface area contributed by atoms with E-state index in [1.54, 1.807) is 6.33 Å². The fourth-order valence-electron chi connectivity index (χ4n) is 3.51. The molecule has 5 heteroatoms. The maximum absolute atomic E-state index is 12.4. The summed E-state index contributed by atoms with van der Waals surface area (Å²) in [5, 5.41) is 11.3. The van der Waals surface area contributed by atoms with Crippen LogP contribution in [0, 0.1) is 5.92 Å². The zero-order valence-corrected chi connectivity index (χ0v) is 15.0. The van der Waals surface area contributed by atoms with Crippen molar-refractivity contribution in [1.29, 1.82) is 0 Å². The average Bonchev–Trinajstić information content (AvgIpc) is 3.53. The highest BCUT2D eigenvalue weighted by molar-refractivity contribution is 5.82. The minimum Gasteiger partial charge on any atom is -0.354 e. The Morgan fingerprint density at radius 3 is 2.72 bits per heavy atom. The molecular weight excluding hydrogens is 312 g/mol. The van der Waals surface area contributed by atoms with Crippen molar-refractivity contribution in [3.63, 3.8) is 0 Å². The van der Waals surface area contributed by atoms with Crippen molar-refractivity contribution in [3.8, 4) is 0 Å². The maximum Gasteiger partial charge on any atom is 0.223 e. The van der Waals surface area contributed by atoms with Crippen LogP contribution in [0.4, 0.5) is 0 Å². The molecule has 132 valence electrons. The van der Waals surface area contributed by atoms with Crippen molar-refractivity contribution in [1.82, 2.24) is 20.1 Å². The maximum atomic E-state index is 12.4. The minimum absolute atomic E-state index is 0.133. The third-order valence-corrected chi connectivity index (χ3v) is 5.40. The molecule has 2 saturated carbocycles. The van der Waals surface area contributed by atoms with Gasteiger partial charge >= 0.3 is 0 Å². The highest BCUT2D eigenvalue weighted by atomic mass is 16.2. The van der Waals surface area contributed by atoms with Gasteiger partial charge < -0.3 is 9.88 Å². The van der Waals surface area contributed by atoms with Crippen LogP contribution in [0.3, 0.4) is 0 Å². The molecule has 1 N–H and O–H groups in total. The highest BCUT2D eigenvalue weighted by Gasteiger charge is 2.43. The monoisotopic (exact) mass is 338 g/mol. The smallest absolute Gasteiger partial charge is 0.223 e. The summed E-state index contributed by atoms with van der Waals surface area (Å²) in [5.41, 5.74) is 2.64. The molecule has 2 aromatic rings. The van der Waals surface area contributed by atoms with E-state index < -0.39 is 0 Å².